The molecule has 0 amide bonds. The Kier molecular flexibility index (Phi) is 2.59. The fraction of sp³-hybridized carbons (Fsp3) is 0.0909. The van der Waals surface area contributed by atoms with Gasteiger partial charge in [0, 0.05) is 6.07 Å². The molecule has 0 saturated heterocycles. The highest BCUT2D eigenvalue weighted by Gasteiger charge is 2.04. The Labute approximate surface area is 90.7 Å². The zero-order chi connectivity index (χ0) is 11.5. The fourth-order valence-electron chi connectivity index (χ4n) is 1.42. The van der Waals surface area contributed by atoms with E-state index in [4.69, 9.17) is 4.74 Å². The lowest BCUT2D eigenvalue weighted by Crippen LogP contribution is -2.19. The molecule has 0 atom stereocenters. The van der Waals surface area contributed by atoms with Gasteiger partial charge in [-0.25, -0.2) is 0 Å². The topological polar surface area (TPSA) is 75.0 Å². The van der Waals surface area contributed by atoms with Crippen molar-refractivity contribution < 1.29 is 4.74 Å². The Morgan fingerprint density at radius 1 is 1.12 bits per heavy atom. The fourth-order valence-corrected chi connectivity index (χ4v) is 1.42. The lowest BCUT2D eigenvalue weighted by atomic mass is 10.1. The summed E-state index contributed by atoms with van der Waals surface area (Å²) < 4.78 is 5.05. The highest BCUT2D eigenvalue weighted by molar-refractivity contribution is 5.63. The largest absolute Gasteiger partial charge is 0.497 e. The van der Waals surface area contributed by atoms with Crippen molar-refractivity contribution in [2.45, 2.75) is 0 Å². The van der Waals surface area contributed by atoms with Crippen LogP contribution in [-0.4, -0.2) is 17.3 Å². The van der Waals surface area contributed by atoms with Gasteiger partial charge in [0.25, 0.3) is 11.1 Å². The molecule has 2 N–H and O–H groups in total. The Morgan fingerprint density at radius 3 is 2.69 bits per heavy atom. The molecule has 0 saturated carbocycles. The van der Waals surface area contributed by atoms with Gasteiger partial charge in [-0.2, -0.15) is 0 Å². The van der Waals surface area contributed by atoms with Crippen LogP contribution >= 0.6 is 0 Å². The zero-order valence-electron chi connectivity index (χ0n) is 8.61. The minimum atomic E-state index is -0.350. The van der Waals surface area contributed by atoms with Crippen LogP contribution in [0.3, 0.4) is 0 Å². The first kappa shape index (κ1) is 10.2. The number of aromatic amines is 2. The van der Waals surface area contributed by atoms with Crippen LogP contribution in [0.25, 0.3) is 11.1 Å². The maximum atomic E-state index is 11.5. The SMILES string of the molecule is COc1cccc(-c2cc(=O)[nH][nH]c2=O)c1. The molecule has 82 valence electrons. The average molecular weight is 218 g/mol. The standard InChI is InChI=1S/C11H10N2O3/c1-16-8-4-2-3-7(5-8)9-6-10(14)12-13-11(9)15/h2-6H,1H3,(H,12,14)(H,13,15). The van der Waals surface area contributed by atoms with Crippen LogP contribution in [0.1, 0.15) is 0 Å². The van der Waals surface area contributed by atoms with Crippen molar-refractivity contribution in [2.24, 2.45) is 0 Å². The van der Waals surface area contributed by atoms with Gasteiger partial charge in [-0.3, -0.25) is 19.8 Å². The molecule has 5 nitrogen and oxygen atoms in total. The van der Waals surface area contributed by atoms with E-state index >= 15 is 0 Å². The Morgan fingerprint density at radius 2 is 1.94 bits per heavy atom. The summed E-state index contributed by atoms with van der Waals surface area (Å²) in [4.78, 5) is 22.6. The summed E-state index contributed by atoms with van der Waals surface area (Å²) in [7, 11) is 1.54. The van der Waals surface area contributed by atoms with Crippen LogP contribution in [-0.2, 0) is 0 Å². The minimum Gasteiger partial charge on any atom is -0.497 e. The lowest BCUT2D eigenvalue weighted by Gasteiger charge is -2.02. The number of methoxy groups -OCH3 is 1. The minimum absolute atomic E-state index is 0.322. The molecular weight excluding hydrogens is 208 g/mol. The van der Waals surface area contributed by atoms with Gasteiger partial charge in [-0.1, -0.05) is 12.1 Å². The monoisotopic (exact) mass is 218 g/mol. The maximum Gasteiger partial charge on any atom is 0.270 e. The van der Waals surface area contributed by atoms with Crippen molar-refractivity contribution in [1.82, 2.24) is 10.2 Å². The predicted octanol–water partition coefficient (Wildman–Crippen LogP) is 0.739. The van der Waals surface area contributed by atoms with Gasteiger partial charge in [-0.15, -0.1) is 0 Å². The van der Waals surface area contributed by atoms with E-state index in [1.165, 1.54) is 6.07 Å². The molecule has 0 aliphatic rings. The van der Waals surface area contributed by atoms with E-state index in [0.29, 0.717) is 16.9 Å². The molecule has 1 aromatic carbocycles. The number of benzene rings is 1. The number of H-pyrrole nitrogens is 2. The predicted molar refractivity (Wildman–Crippen MR) is 59.7 cm³/mol. The molecule has 0 fully saturated rings. The van der Waals surface area contributed by atoms with Crippen LogP contribution in [0.5, 0.6) is 5.75 Å². The van der Waals surface area contributed by atoms with Gasteiger partial charge in [0.15, 0.2) is 0 Å². The van der Waals surface area contributed by atoms with Gasteiger partial charge in [-0.05, 0) is 17.7 Å². The lowest BCUT2D eigenvalue weighted by molar-refractivity contribution is 0.415. The average Bonchev–Trinajstić information content (AvgIpc) is 2.32. The number of hydrogen-bond acceptors (Lipinski definition) is 3. The summed E-state index contributed by atoms with van der Waals surface area (Å²) in [6, 6.07) is 8.23. The first-order chi connectivity index (χ1) is 7.70. The van der Waals surface area contributed by atoms with Crippen LogP contribution in [0, 0.1) is 0 Å². The summed E-state index contributed by atoms with van der Waals surface area (Å²) in [6.07, 6.45) is 0. The molecule has 0 aliphatic carbocycles. The van der Waals surface area contributed by atoms with E-state index in [2.05, 4.69) is 10.2 Å². The number of ether oxygens (including phenoxy) is 1. The molecule has 0 spiro atoms. The van der Waals surface area contributed by atoms with E-state index in [1.54, 1.807) is 31.4 Å². The molecule has 16 heavy (non-hydrogen) atoms. The highest BCUT2D eigenvalue weighted by atomic mass is 16.5. The molecule has 5 heteroatoms. The number of hydrogen-bond donors (Lipinski definition) is 2. The molecule has 0 aliphatic heterocycles. The molecule has 1 heterocycles. The molecule has 1 aromatic heterocycles. The molecule has 2 rings (SSSR count). The van der Waals surface area contributed by atoms with Crippen molar-refractivity contribution in [3.63, 3.8) is 0 Å². The summed E-state index contributed by atoms with van der Waals surface area (Å²) in [5.41, 5.74) is 0.277. The molecule has 2 aromatic rings. The van der Waals surface area contributed by atoms with E-state index in [0.717, 1.165) is 0 Å². The van der Waals surface area contributed by atoms with Gasteiger partial charge in [0.1, 0.15) is 5.75 Å². The second kappa shape index (κ2) is 4.06. The first-order valence-corrected chi connectivity index (χ1v) is 4.67. The number of nitrogens with one attached hydrogen (secondary N) is 2. The van der Waals surface area contributed by atoms with Gasteiger partial charge in [0.05, 0.1) is 12.7 Å². The van der Waals surface area contributed by atoms with E-state index < -0.39 is 0 Å². The highest BCUT2D eigenvalue weighted by Crippen LogP contribution is 2.19. The van der Waals surface area contributed by atoms with Crippen LogP contribution in [0.4, 0.5) is 0 Å². The second-order valence-electron chi connectivity index (χ2n) is 3.23. The van der Waals surface area contributed by atoms with Crippen LogP contribution < -0.4 is 15.9 Å². The van der Waals surface area contributed by atoms with Crippen LogP contribution in [0.15, 0.2) is 39.9 Å². The van der Waals surface area contributed by atoms with Crippen molar-refractivity contribution in [1.29, 1.82) is 0 Å². The third-order valence-corrected chi connectivity index (χ3v) is 2.20. The summed E-state index contributed by atoms with van der Waals surface area (Å²) >= 11 is 0. The summed E-state index contributed by atoms with van der Waals surface area (Å²) in [5.74, 6) is 0.636. The van der Waals surface area contributed by atoms with Crippen molar-refractivity contribution in [3.8, 4) is 16.9 Å². The Hall–Kier alpha value is -2.30. The van der Waals surface area contributed by atoms with E-state index in [9.17, 15) is 9.59 Å². The maximum absolute atomic E-state index is 11.5. The second-order valence-corrected chi connectivity index (χ2v) is 3.23. The van der Waals surface area contributed by atoms with E-state index in [1.807, 2.05) is 0 Å². The first-order valence-electron chi connectivity index (χ1n) is 4.67. The third kappa shape index (κ3) is 1.88. The smallest absolute Gasteiger partial charge is 0.270 e. The zero-order valence-corrected chi connectivity index (χ0v) is 8.61. The third-order valence-electron chi connectivity index (χ3n) is 2.20. The van der Waals surface area contributed by atoms with E-state index in [-0.39, 0.29) is 11.1 Å². The molecular formula is C11H10N2O3. The van der Waals surface area contributed by atoms with Crippen molar-refractivity contribution in [3.05, 3.63) is 51.0 Å². The number of rotatable bonds is 2. The summed E-state index contributed by atoms with van der Waals surface area (Å²) in [6.45, 7) is 0. The van der Waals surface area contributed by atoms with Gasteiger partial charge in [0.2, 0.25) is 0 Å². The van der Waals surface area contributed by atoms with Gasteiger partial charge < -0.3 is 4.74 Å². The quantitative estimate of drug-likeness (QED) is 0.780. The van der Waals surface area contributed by atoms with Gasteiger partial charge >= 0.3 is 0 Å². The van der Waals surface area contributed by atoms with Crippen molar-refractivity contribution in [2.75, 3.05) is 7.11 Å². The molecule has 0 radical (unpaired) electrons. The molecule has 0 bridgehead atoms. The molecule has 0 unspecified atom stereocenters. The van der Waals surface area contributed by atoms with Crippen molar-refractivity contribution >= 4 is 0 Å². The normalized spacial score (nSPS) is 10.1. The Balaban J connectivity index is 2.62. The Bertz CT molecular complexity index is 613. The number of aromatic nitrogens is 2. The van der Waals surface area contributed by atoms with Crippen LogP contribution in [0.2, 0.25) is 0 Å². The summed E-state index contributed by atoms with van der Waals surface area (Å²) in [5, 5.41) is 4.48.